The number of nitrogens with zero attached hydrogens (tertiary/aromatic N) is 1. The second-order valence-corrected chi connectivity index (χ2v) is 4.06. The Bertz CT molecular complexity index is 540. The molecule has 0 aliphatic carbocycles. The van der Waals surface area contributed by atoms with Crippen LogP contribution in [0.1, 0.15) is 25.5 Å². The van der Waals surface area contributed by atoms with E-state index in [1.807, 2.05) is 31.2 Å². The number of ether oxygens (including phenoxy) is 2. The molecule has 0 fully saturated rings. The molecule has 1 aromatic heterocycles. The van der Waals surface area contributed by atoms with Crippen LogP contribution in [0.3, 0.4) is 0 Å². The fraction of sp³-hybridized carbons (Fsp3) is 0.267. The number of para-hydroxylation sites is 2. The summed E-state index contributed by atoms with van der Waals surface area (Å²) in [5.74, 6) is 1.64. The van der Waals surface area contributed by atoms with E-state index < -0.39 is 6.10 Å². The second-order valence-electron chi connectivity index (χ2n) is 4.06. The van der Waals surface area contributed by atoms with E-state index in [2.05, 4.69) is 4.98 Å². The molecule has 0 aliphatic heterocycles. The van der Waals surface area contributed by atoms with Crippen molar-refractivity contribution in [1.29, 1.82) is 0 Å². The number of aromatic nitrogens is 1. The molecule has 1 unspecified atom stereocenters. The smallest absolute Gasteiger partial charge is 0.225 e. The van der Waals surface area contributed by atoms with E-state index in [9.17, 15) is 5.11 Å². The third-order valence-electron chi connectivity index (χ3n) is 2.61. The molecule has 0 radical (unpaired) electrons. The lowest BCUT2D eigenvalue weighted by Crippen LogP contribution is -2.00. The van der Waals surface area contributed by atoms with Crippen molar-refractivity contribution in [3.63, 3.8) is 0 Å². The van der Waals surface area contributed by atoms with Crippen LogP contribution in [0.4, 0.5) is 0 Å². The summed E-state index contributed by atoms with van der Waals surface area (Å²) in [5.41, 5.74) is 0.647. The van der Waals surface area contributed by atoms with Gasteiger partial charge in [-0.1, -0.05) is 12.1 Å². The van der Waals surface area contributed by atoms with Gasteiger partial charge >= 0.3 is 0 Å². The van der Waals surface area contributed by atoms with Crippen molar-refractivity contribution in [3.05, 3.63) is 48.2 Å². The van der Waals surface area contributed by atoms with Gasteiger partial charge in [-0.3, -0.25) is 0 Å². The maximum atomic E-state index is 9.70. The first-order valence-corrected chi connectivity index (χ1v) is 6.25. The van der Waals surface area contributed by atoms with Gasteiger partial charge in [0, 0.05) is 11.8 Å². The molecule has 1 heterocycles. The van der Waals surface area contributed by atoms with E-state index in [0.29, 0.717) is 29.5 Å². The van der Waals surface area contributed by atoms with E-state index in [4.69, 9.17) is 9.47 Å². The van der Waals surface area contributed by atoms with Crippen LogP contribution in [0.2, 0.25) is 0 Å². The Morgan fingerprint density at radius 1 is 1.16 bits per heavy atom. The molecule has 0 spiro atoms. The molecular weight excluding hydrogens is 242 g/mol. The maximum absolute atomic E-state index is 9.70. The average Bonchev–Trinajstić information content (AvgIpc) is 2.42. The molecule has 19 heavy (non-hydrogen) atoms. The Morgan fingerprint density at radius 2 is 1.89 bits per heavy atom. The summed E-state index contributed by atoms with van der Waals surface area (Å²) in [7, 11) is 0. The van der Waals surface area contributed by atoms with Gasteiger partial charge in [-0.2, -0.15) is 0 Å². The van der Waals surface area contributed by atoms with Gasteiger partial charge in [0.15, 0.2) is 11.5 Å². The molecule has 0 bridgehead atoms. The highest BCUT2D eigenvalue weighted by molar-refractivity contribution is 5.43. The molecular formula is C15H17NO3. The predicted molar refractivity (Wildman–Crippen MR) is 72.6 cm³/mol. The maximum Gasteiger partial charge on any atom is 0.225 e. The van der Waals surface area contributed by atoms with Crippen LogP contribution in [-0.4, -0.2) is 16.7 Å². The minimum atomic E-state index is -0.636. The number of benzene rings is 1. The third-order valence-corrected chi connectivity index (χ3v) is 2.61. The minimum absolute atomic E-state index is 0.393. The lowest BCUT2D eigenvalue weighted by molar-refractivity contribution is 0.194. The Morgan fingerprint density at radius 3 is 2.58 bits per heavy atom. The van der Waals surface area contributed by atoms with E-state index in [1.54, 1.807) is 25.3 Å². The predicted octanol–water partition coefficient (Wildman–Crippen LogP) is 3.33. The molecule has 1 aromatic carbocycles. The Kier molecular flexibility index (Phi) is 4.36. The van der Waals surface area contributed by atoms with Crippen LogP contribution in [0.15, 0.2) is 42.6 Å². The summed E-state index contributed by atoms with van der Waals surface area (Å²) in [6, 6.07) is 10.9. The quantitative estimate of drug-likeness (QED) is 0.894. The van der Waals surface area contributed by atoms with Crippen LogP contribution in [0.25, 0.3) is 0 Å². The van der Waals surface area contributed by atoms with Crippen LogP contribution >= 0.6 is 0 Å². The van der Waals surface area contributed by atoms with Crippen molar-refractivity contribution < 1.29 is 14.6 Å². The first-order chi connectivity index (χ1) is 9.22. The molecule has 0 aliphatic rings. The zero-order valence-corrected chi connectivity index (χ0v) is 11.0. The fourth-order valence-electron chi connectivity index (χ4n) is 1.72. The monoisotopic (exact) mass is 259 g/mol. The van der Waals surface area contributed by atoms with E-state index in [0.717, 1.165) is 0 Å². The lowest BCUT2D eigenvalue weighted by Gasteiger charge is -2.14. The van der Waals surface area contributed by atoms with Crippen molar-refractivity contribution >= 4 is 0 Å². The zero-order chi connectivity index (χ0) is 13.7. The van der Waals surface area contributed by atoms with E-state index >= 15 is 0 Å². The molecule has 0 saturated carbocycles. The van der Waals surface area contributed by atoms with Gasteiger partial charge in [0.25, 0.3) is 0 Å². The van der Waals surface area contributed by atoms with Crippen LogP contribution in [0.5, 0.6) is 17.4 Å². The van der Waals surface area contributed by atoms with Crippen LogP contribution in [0, 0.1) is 0 Å². The highest BCUT2D eigenvalue weighted by atomic mass is 16.5. The first kappa shape index (κ1) is 13.4. The number of hydrogen-bond acceptors (Lipinski definition) is 4. The van der Waals surface area contributed by atoms with Crippen molar-refractivity contribution in [2.75, 3.05) is 6.61 Å². The van der Waals surface area contributed by atoms with Gasteiger partial charge in [-0.15, -0.1) is 0 Å². The summed E-state index contributed by atoms with van der Waals surface area (Å²) >= 11 is 0. The van der Waals surface area contributed by atoms with Crippen LogP contribution < -0.4 is 9.47 Å². The first-order valence-electron chi connectivity index (χ1n) is 6.25. The van der Waals surface area contributed by atoms with Gasteiger partial charge < -0.3 is 14.6 Å². The molecule has 4 nitrogen and oxygen atoms in total. The van der Waals surface area contributed by atoms with Crippen molar-refractivity contribution in [1.82, 2.24) is 4.98 Å². The van der Waals surface area contributed by atoms with Crippen LogP contribution in [-0.2, 0) is 0 Å². The Labute approximate surface area is 112 Å². The molecule has 2 aromatic rings. The number of aliphatic hydroxyl groups is 1. The summed E-state index contributed by atoms with van der Waals surface area (Å²) < 4.78 is 11.3. The highest BCUT2D eigenvalue weighted by Crippen LogP contribution is 2.33. The van der Waals surface area contributed by atoms with Gasteiger partial charge in [-0.05, 0) is 38.1 Å². The molecule has 0 amide bonds. The van der Waals surface area contributed by atoms with Crippen molar-refractivity contribution in [3.8, 4) is 17.4 Å². The molecule has 0 saturated heterocycles. The molecule has 4 heteroatoms. The van der Waals surface area contributed by atoms with E-state index in [-0.39, 0.29) is 0 Å². The molecule has 1 N–H and O–H groups in total. The Hall–Kier alpha value is -2.07. The van der Waals surface area contributed by atoms with Gasteiger partial charge in [0.1, 0.15) is 0 Å². The summed E-state index contributed by atoms with van der Waals surface area (Å²) in [6.07, 6.45) is 0.993. The highest BCUT2D eigenvalue weighted by Gasteiger charge is 2.12. The van der Waals surface area contributed by atoms with E-state index in [1.165, 1.54) is 0 Å². The number of pyridine rings is 1. The SMILES string of the molecule is CCOc1ccccc1Oc1ncccc1C(C)O. The topological polar surface area (TPSA) is 51.6 Å². The number of hydrogen-bond donors (Lipinski definition) is 1. The number of rotatable bonds is 5. The summed E-state index contributed by atoms with van der Waals surface area (Å²) in [5, 5.41) is 9.70. The van der Waals surface area contributed by atoms with Crippen molar-refractivity contribution in [2.45, 2.75) is 20.0 Å². The van der Waals surface area contributed by atoms with Crippen molar-refractivity contribution in [2.24, 2.45) is 0 Å². The summed E-state index contributed by atoms with van der Waals surface area (Å²) in [6.45, 7) is 4.16. The molecule has 1 atom stereocenters. The zero-order valence-electron chi connectivity index (χ0n) is 11.0. The summed E-state index contributed by atoms with van der Waals surface area (Å²) in [4.78, 5) is 4.16. The molecule has 100 valence electrons. The fourth-order valence-corrected chi connectivity index (χ4v) is 1.72. The third kappa shape index (κ3) is 3.23. The van der Waals surface area contributed by atoms with Gasteiger partial charge in [0.2, 0.25) is 5.88 Å². The van der Waals surface area contributed by atoms with Gasteiger partial charge in [-0.25, -0.2) is 4.98 Å². The Balaban J connectivity index is 2.31. The van der Waals surface area contributed by atoms with Gasteiger partial charge in [0.05, 0.1) is 12.7 Å². The second kappa shape index (κ2) is 6.20. The largest absolute Gasteiger partial charge is 0.490 e. The minimum Gasteiger partial charge on any atom is -0.490 e. The normalized spacial score (nSPS) is 11.9. The lowest BCUT2D eigenvalue weighted by atomic mass is 10.2. The number of aliphatic hydroxyl groups excluding tert-OH is 1. The average molecular weight is 259 g/mol. The standard InChI is InChI=1S/C15H17NO3/c1-3-18-13-8-4-5-9-14(13)19-15-12(11(2)17)7-6-10-16-15/h4-11,17H,3H2,1-2H3. The molecule has 2 rings (SSSR count).